The third-order valence-corrected chi connectivity index (χ3v) is 6.53. The van der Waals surface area contributed by atoms with Crippen molar-refractivity contribution >= 4 is 11.6 Å². The van der Waals surface area contributed by atoms with Gasteiger partial charge in [0, 0.05) is 13.2 Å². The van der Waals surface area contributed by atoms with Crippen molar-refractivity contribution in [2.45, 2.75) is 52.4 Å². The van der Waals surface area contributed by atoms with E-state index in [1.807, 2.05) is 18.2 Å². The van der Waals surface area contributed by atoms with E-state index in [2.05, 4.69) is 54.2 Å². The molecule has 1 heterocycles. The number of hydrogen-bond acceptors (Lipinski definition) is 6. The Kier molecular flexibility index (Phi) is 11.7. The van der Waals surface area contributed by atoms with E-state index in [0.717, 1.165) is 31.5 Å². The summed E-state index contributed by atoms with van der Waals surface area (Å²) >= 11 is 0. The maximum absolute atomic E-state index is 12.1. The maximum Gasteiger partial charge on any atom is 0.287 e. The molecule has 1 amide bonds. The lowest BCUT2D eigenvalue weighted by molar-refractivity contribution is 0.0948. The van der Waals surface area contributed by atoms with E-state index in [4.69, 9.17) is 15.0 Å². The van der Waals surface area contributed by atoms with E-state index in [0.29, 0.717) is 31.7 Å². The van der Waals surface area contributed by atoms with Crippen molar-refractivity contribution in [3.05, 3.63) is 41.5 Å². The molecule has 0 aliphatic heterocycles. The van der Waals surface area contributed by atoms with Gasteiger partial charge in [-0.3, -0.25) is 9.79 Å². The molecule has 1 aliphatic rings. The van der Waals surface area contributed by atoms with Crippen LogP contribution in [0.15, 0.2) is 35.0 Å². The first-order valence-corrected chi connectivity index (χ1v) is 12.2. The van der Waals surface area contributed by atoms with Crippen LogP contribution in [0, 0.1) is 16.7 Å². The maximum atomic E-state index is 12.1. The molecule has 0 spiro atoms. The molecule has 0 radical (unpaired) electrons. The number of amides is 1. The number of aromatic amines is 1. The lowest BCUT2D eigenvalue weighted by Crippen LogP contribution is -2.24. The van der Waals surface area contributed by atoms with Crippen molar-refractivity contribution in [2.24, 2.45) is 10.4 Å². The predicted octanol–water partition coefficient (Wildman–Crippen LogP) is 3.89. The molecule has 0 aromatic carbocycles. The number of rotatable bonds is 14. The SMILES string of the molecule is CCC1(CC)CC=C(CN=C(/C=C\CNC(=O)c2ncc(C#N)[nH]2)COCCCN(C)C)CC1. The molecule has 0 fully saturated rings. The number of carbonyl (C=O) groups is 1. The minimum absolute atomic E-state index is 0.127. The van der Waals surface area contributed by atoms with Crippen molar-refractivity contribution < 1.29 is 9.53 Å². The molecule has 0 unspecified atom stereocenters. The third-order valence-electron chi connectivity index (χ3n) is 6.53. The van der Waals surface area contributed by atoms with Crippen molar-refractivity contribution in [1.29, 1.82) is 5.26 Å². The summed E-state index contributed by atoms with van der Waals surface area (Å²) in [6, 6.07) is 1.92. The van der Waals surface area contributed by atoms with Crippen LogP contribution in [0.25, 0.3) is 0 Å². The fourth-order valence-electron chi connectivity index (χ4n) is 3.96. The molecule has 1 aromatic rings. The number of aromatic nitrogens is 2. The molecule has 34 heavy (non-hydrogen) atoms. The molecule has 0 saturated carbocycles. The molecule has 0 bridgehead atoms. The summed E-state index contributed by atoms with van der Waals surface area (Å²) in [5.74, 6) is -0.227. The Morgan fingerprint density at radius 1 is 1.41 bits per heavy atom. The van der Waals surface area contributed by atoms with Gasteiger partial charge in [-0.1, -0.05) is 44.4 Å². The fraction of sp³-hybridized carbons (Fsp3) is 0.615. The molecule has 8 nitrogen and oxygen atoms in total. The monoisotopic (exact) mass is 468 g/mol. The van der Waals surface area contributed by atoms with Crippen molar-refractivity contribution in [2.75, 3.05) is 46.9 Å². The van der Waals surface area contributed by atoms with Gasteiger partial charge in [0.1, 0.15) is 11.8 Å². The second-order valence-corrected chi connectivity index (χ2v) is 9.16. The number of carbonyl (C=O) groups excluding carboxylic acids is 1. The summed E-state index contributed by atoms with van der Waals surface area (Å²) in [7, 11) is 4.11. The van der Waals surface area contributed by atoms with Crippen molar-refractivity contribution in [3.63, 3.8) is 0 Å². The third kappa shape index (κ3) is 9.24. The van der Waals surface area contributed by atoms with E-state index < -0.39 is 0 Å². The Morgan fingerprint density at radius 2 is 2.21 bits per heavy atom. The summed E-state index contributed by atoms with van der Waals surface area (Å²) in [5.41, 5.74) is 2.99. The normalized spacial score (nSPS) is 16.0. The summed E-state index contributed by atoms with van der Waals surface area (Å²) in [5, 5.41) is 11.6. The molecule has 2 N–H and O–H groups in total. The Hall–Kier alpha value is -2.76. The van der Waals surface area contributed by atoms with Crippen LogP contribution in [-0.2, 0) is 4.74 Å². The van der Waals surface area contributed by atoms with Crippen LogP contribution in [0.5, 0.6) is 0 Å². The second-order valence-electron chi connectivity index (χ2n) is 9.16. The number of nitrogens with one attached hydrogen (secondary N) is 2. The van der Waals surface area contributed by atoms with Crippen LogP contribution >= 0.6 is 0 Å². The van der Waals surface area contributed by atoms with E-state index in [1.165, 1.54) is 31.0 Å². The zero-order chi connectivity index (χ0) is 24.8. The van der Waals surface area contributed by atoms with Crippen LogP contribution in [0.2, 0.25) is 0 Å². The van der Waals surface area contributed by atoms with Crippen LogP contribution in [0.3, 0.4) is 0 Å². The number of aliphatic imine (C=N–C) groups is 1. The first kappa shape index (κ1) is 27.5. The minimum atomic E-state index is -0.354. The molecular formula is C26H40N6O2. The topological polar surface area (TPSA) is 106 Å². The summed E-state index contributed by atoms with van der Waals surface area (Å²) in [6.45, 7) is 7.73. The highest BCUT2D eigenvalue weighted by Gasteiger charge is 2.27. The zero-order valence-corrected chi connectivity index (χ0v) is 21.2. The first-order valence-electron chi connectivity index (χ1n) is 12.2. The number of nitriles is 1. The molecule has 186 valence electrons. The van der Waals surface area contributed by atoms with Gasteiger partial charge in [-0.05, 0) is 57.8 Å². The van der Waals surface area contributed by atoms with E-state index in [9.17, 15) is 4.79 Å². The van der Waals surface area contributed by atoms with Gasteiger partial charge in [0.15, 0.2) is 5.82 Å². The Balaban J connectivity index is 1.91. The second kappa shape index (κ2) is 14.5. The highest BCUT2D eigenvalue weighted by molar-refractivity contribution is 5.96. The van der Waals surface area contributed by atoms with Crippen LogP contribution in [0.4, 0.5) is 0 Å². The smallest absolute Gasteiger partial charge is 0.287 e. The molecule has 8 heteroatoms. The molecular weight excluding hydrogens is 428 g/mol. The fourth-order valence-corrected chi connectivity index (χ4v) is 3.96. The van der Waals surface area contributed by atoms with Gasteiger partial charge in [-0.2, -0.15) is 5.26 Å². The molecule has 1 aliphatic carbocycles. The Morgan fingerprint density at radius 3 is 2.82 bits per heavy atom. The van der Waals surface area contributed by atoms with E-state index >= 15 is 0 Å². The highest BCUT2D eigenvalue weighted by atomic mass is 16.5. The summed E-state index contributed by atoms with van der Waals surface area (Å²) in [6.07, 6.45) is 14.4. The average molecular weight is 469 g/mol. The first-order chi connectivity index (χ1) is 16.4. The lowest BCUT2D eigenvalue weighted by Gasteiger charge is -2.34. The van der Waals surface area contributed by atoms with E-state index in [-0.39, 0.29) is 17.4 Å². The summed E-state index contributed by atoms with van der Waals surface area (Å²) < 4.78 is 5.86. The zero-order valence-electron chi connectivity index (χ0n) is 21.2. The molecule has 1 aromatic heterocycles. The van der Waals surface area contributed by atoms with Crippen LogP contribution in [0.1, 0.15) is 68.7 Å². The molecule has 0 saturated heterocycles. The number of hydrogen-bond donors (Lipinski definition) is 2. The quantitative estimate of drug-likeness (QED) is 0.245. The number of ether oxygens (including phenoxy) is 1. The summed E-state index contributed by atoms with van der Waals surface area (Å²) in [4.78, 5) is 25.7. The highest BCUT2D eigenvalue weighted by Crippen LogP contribution is 2.41. The van der Waals surface area contributed by atoms with Gasteiger partial charge in [-0.25, -0.2) is 4.98 Å². The van der Waals surface area contributed by atoms with Gasteiger partial charge < -0.3 is 19.9 Å². The Bertz CT molecular complexity index is 903. The van der Waals surface area contributed by atoms with Crippen LogP contribution in [-0.4, -0.2) is 73.4 Å². The number of imidazole rings is 1. The lowest BCUT2D eigenvalue weighted by atomic mass is 9.71. The van der Waals surface area contributed by atoms with Gasteiger partial charge in [-0.15, -0.1) is 0 Å². The standard InChI is InChI=1S/C26H40N6O2/c1-5-26(6-2)12-10-21(11-13-26)18-29-22(20-34-16-8-15-32(3)4)9-7-14-28-25(33)24-30-19-23(17-27)31-24/h7,9-10,19H,5-6,8,11-16,18,20H2,1-4H3,(H,28,33)(H,30,31)/b9-7-,29-22?. The molecule has 0 atom stereocenters. The van der Waals surface area contributed by atoms with Crippen LogP contribution < -0.4 is 5.32 Å². The Labute approximate surface area is 204 Å². The number of H-pyrrole nitrogens is 1. The van der Waals surface area contributed by atoms with Gasteiger partial charge in [0.2, 0.25) is 0 Å². The average Bonchev–Trinajstić information content (AvgIpc) is 3.34. The minimum Gasteiger partial charge on any atom is -0.375 e. The van der Waals surface area contributed by atoms with E-state index in [1.54, 1.807) is 0 Å². The molecule has 2 rings (SSSR count). The van der Waals surface area contributed by atoms with Crippen molar-refractivity contribution in [3.8, 4) is 6.07 Å². The number of allylic oxidation sites excluding steroid dienone is 1. The van der Waals surface area contributed by atoms with Gasteiger partial charge in [0.25, 0.3) is 5.91 Å². The largest absolute Gasteiger partial charge is 0.375 e. The van der Waals surface area contributed by atoms with Gasteiger partial charge >= 0.3 is 0 Å². The predicted molar refractivity (Wildman–Crippen MR) is 136 cm³/mol. The van der Waals surface area contributed by atoms with Crippen molar-refractivity contribution in [1.82, 2.24) is 20.2 Å². The number of nitrogens with zero attached hydrogens (tertiary/aromatic N) is 4. The van der Waals surface area contributed by atoms with Gasteiger partial charge in [0.05, 0.1) is 25.1 Å².